The first-order chi connectivity index (χ1) is 17.4. The minimum Gasteiger partial charge on any atom is -0.299 e. The SMILES string of the molecule is CC(CCc1c(C2(C(F)(F)F)CCCC2)cccc1C1(C(F)(F)F)CCCC1)N(C)Cc1ccccc1. The Labute approximate surface area is 216 Å². The molecule has 0 N–H and O–H groups in total. The van der Waals surface area contributed by atoms with Crippen molar-refractivity contribution in [2.24, 2.45) is 0 Å². The van der Waals surface area contributed by atoms with Crippen molar-refractivity contribution in [3.63, 3.8) is 0 Å². The third-order valence-electron chi connectivity index (χ3n) is 9.05. The maximum absolute atomic E-state index is 14.7. The fraction of sp³-hybridized carbons (Fsp3) is 0.600. The van der Waals surface area contributed by atoms with Crippen LogP contribution in [0.15, 0.2) is 48.5 Å². The van der Waals surface area contributed by atoms with E-state index >= 15 is 0 Å². The molecule has 2 fully saturated rings. The first kappa shape index (κ1) is 28.0. The third-order valence-corrected chi connectivity index (χ3v) is 9.05. The molecular formula is C30H37F6N. The van der Waals surface area contributed by atoms with Gasteiger partial charge in [-0.25, -0.2) is 0 Å². The van der Waals surface area contributed by atoms with Crippen molar-refractivity contribution in [3.8, 4) is 0 Å². The molecule has 37 heavy (non-hydrogen) atoms. The largest absolute Gasteiger partial charge is 0.398 e. The number of nitrogens with zero attached hydrogens (tertiary/aromatic N) is 1. The number of hydrogen-bond acceptors (Lipinski definition) is 1. The van der Waals surface area contributed by atoms with Crippen LogP contribution in [0, 0.1) is 0 Å². The van der Waals surface area contributed by atoms with Crippen LogP contribution in [0.5, 0.6) is 0 Å². The van der Waals surface area contributed by atoms with Crippen LogP contribution in [0.2, 0.25) is 0 Å². The highest BCUT2D eigenvalue weighted by Crippen LogP contribution is 2.57. The zero-order chi connectivity index (χ0) is 26.9. The molecule has 1 unspecified atom stereocenters. The van der Waals surface area contributed by atoms with Crippen LogP contribution in [-0.4, -0.2) is 30.3 Å². The van der Waals surface area contributed by atoms with E-state index in [4.69, 9.17) is 0 Å². The summed E-state index contributed by atoms with van der Waals surface area (Å²) in [7, 11) is 1.95. The molecule has 2 saturated carbocycles. The van der Waals surface area contributed by atoms with Crippen molar-refractivity contribution in [1.29, 1.82) is 0 Å². The van der Waals surface area contributed by atoms with E-state index in [9.17, 15) is 26.3 Å². The number of hydrogen-bond donors (Lipinski definition) is 0. The van der Waals surface area contributed by atoms with Gasteiger partial charge < -0.3 is 0 Å². The van der Waals surface area contributed by atoms with Crippen LogP contribution in [0.25, 0.3) is 0 Å². The lowest BCUT2D eigenvalue weighted by Crippen LogP contribution is -2.44. The predicted octanol–water partition coefficient (Wildman–Crippen LogP) is 8.89. The molecule has 0 radical (unpaired) electrons. The molecule has 4 rings (SSSR count). The second kappa shape index (κ2) is 10.6. The highest BCUT2D eigenvalue weighted by molar-refractivity contribution is 5.47. The topological polar surface area (TPSA) is 3.24 Å². The Balaban J connectivity index is 1.74. The summed E-state index contributed by atoms with van der Waals surface area (Å²) in [5.74, 6) is 0. The normalized spacial score (nSPS) is 20.5. The number of halogens is 6. The van der Waals surface area contributed by atoms with E-state index in [0.717, 1.165) is 5.56 Å². The van der Waals surface area contributed by atoms with Gasteiger partial charge in [0.05, 0.1) is 10.8 Å². The Morgan fingerprint density at radius 1 is 0.730 bits per heavy atom. The molecule has 0 aliphatic heterocycles. The van der Waals surface area contributed by atoms with E-state index in [0.29, 0.717) is 44.2 Å². The highest BCUT2D eigenvalue weighted by Gasteiger charge is 2.60. The van der Waals surface area contributed by atoms with Crippen LogP contribution in [-0.2, 0) is 23.8 Å². The molecule has 2 aromatic carbocycles. The van der Waals surface area contributed by atoms with Gasteiger partial charge in [0.2, 0.25) is 0 Å². The van der Waals surface area contributed by atoms with Crippen LogP contribution < -0.4 is 0 Å². The van der Waals surface area contributed by atoms with Crippen molar-refractivity contribution in [3.05, 3.63) is 70.8 Å². The van der Waals surface area contributed by atoms with Crippen LogP contribution >= 0.6 is 0 Å². The molecule has 7 heteroatoms. The van der Waals surface area contributed by atoms with E-state index in [1.165, 1.54) is 18.2 Å². The van der Waals surface area contributed by atoms with Crippen molar-refractivity contribution < 1.29 is 26.3 Å². The number of alkyl halides is 6. The minimum absolute atomic E-state index is 0.0167. The first-order valence-corrected chi connectivity index (χ1v) is 13.4. The maximum atomic E-state index is 14.7. The van der Waals surface area contributed by atoms with Crippen molar-refractivity contribution in [1.82, 2.24) is 4.90 Å². The van der Waals surface area contributed by atoms with Crippen molar-refractivity contribution in [2.45, 2.75) is 107 Å². The predicted molar refractivity (Wildman–Crippen MR) is 135 cm³/mol. The summed E-state index contributed by atoms with van der Waals surface area (Å²) >= 11 is 0. The van der Waals surface area contributed by atoms with Gasteiger partial charge in [0.25, 0.3) is 0 Å². The number of rotatable bonds is 8. The van der Waals surface area contributed by atoms with Crippen molar-refractivity contribution in [2.75, 3.05) is 7.05 Å². The summed E-state index contributed by atoms with van der Waals surface area (Å²) < 4.78 is 88.0. The minimum atomic E-state index is -4.51. The smallest absolute Gasteiger partial charge is 0.299 e. The molecule has 204 valence electrons. The summed E-state index contributed by atoms with van der Waals surface area (Å²) in [4.78, 5) is 2.11. The van der Waals surface area contributed by atoms with Crippen LogP contribution in [0.3, 0.4) is 0 Å². The fourth-order valence-corrected chi connectivity index (χ4v) is 6.72. The van der Waals surface area contributed by atoms with Crippen LogP contribution in [0.4, 0.5) is 26.3 Å². The highest BCUT2D eigenvalue weighted by atomic mass is 19.4. The Morgan fingerprint density at radius 2 is 1.19 bits per heavy atom. The van der Waals surface area contributed by atoms with E-state index in [-0.39, 0.29) is 49.3 Å². The molecule has 0 aromatic heterocycles. The molecule has 0 heterocycles. The maximum Gasteiger partial charge on any atom is 0.398 e. The van der Waals surface area contributed by atoms with E-state index in [2.05, 4.69) is 4.90 Å². The summed E-state index contributed by atoms with van der Waals surface area (Å²) in [5, 5.41) is 0. The standard InChI is InChI=1S/C30H37F6N/c1-22(37(2)21-23-11-4-3-5-12-23)15-16-24-25(27(29(31,32)33)17-6-7-18-27)13-10-14-26(24)28(30(34,35)36)19-8-9-20-28/h3-5,10-14,22H,6-9,15-21H2,1-2H3. The Morgan fingerprint density at radius 3 is 1.62 bits per heavy atom. The van der Waals surface area contributed by atoms with E-state index < -0.39 is 23.2 Å². The van der Waals surface area contributed by atoms with Crippen LogP contribution in [0.1, 0.15) is 87.0 Å². The van der Waals surface area contributed by atoms with Gasteiger partial charge in [0, 0.05) is 12.6 Å². The molecule has 1 atom stereocenters. The molecule has 1 nitrogen and oxygen atoms in total. The summed E-state index contributed by atoms with van der Waals surface area (Å²) in [6.07, 6.45) is -6.84. The summed E-state index contributed by atoms with van der Waals surface area (Å²) in [5.41, 5.74) is -2.55. The molecule has 2 aliphatic rings. The Kier molecular flexibility index (Phi) is 8.04. The van der Waals surface area contributed by atoms with Gasteiger partial charge in [-0.05, 0) is 74.8 Å². The van der Waals surface area contributed by atoms with E-state index in [1.807, 2.05) is 44.3 Å². The molecule has 2 aliphatic carbocycles. The van der Waals surface area contributed by atoms with Gasteiger partial charge in [0.1, 0.15) is 0 Å². The Hall–Kier alpha value is -2.02. The van der Waals surface area contributed by atoms with Gasteiger partial charge in [-0.15, -0.1) is 0 Å². The quantitative estimate of drug-likeness (QED) is 0.311. The zero-order valence-corrected chi connectivity index (χ0v) is 21.7. The zero-order valence-electron chi connectivity index (χ0n) is 21.7. The van der Waals surface area contributed by atoms with Gasteiger partial charge in [0.15, 0.2) is 0 Å². The monoisotopic (exact) mass is 525 g/mol. The molecule has 0 amide bonds. The molecule has 0 spiro atoms. The molecule has 0 bridgehead atoms. The van der Waals surface area contributed by atoms with Crippen molar-refractivity contribution >= 4 is 0 Å². The molecular weight excluding hydrogens is 488 g/mol. The average molecular weight is 526 g/mol. The second-order valence-electron chi connectivity index (χ2n) is 11.2. The summed E-state index contributed by atoms with van der Waals surface area (Å²) in [6, 6.07) is 14.2. The average Bonchev–Trinajstić information content (AvgIpc) is 3.54. The second-order valence-corrected chi connectivity index (χ2v) is 11.2. The van der Waals surface area contributed by atoms with Gasteiger partial charge >= 0.3 is 12.4 Å². The number of benzene rings is 2. The van der Waals surface area contributed by atoms with Gasteiger partial charge in [-0.3, -0.25) is 4.90 Å². The van der Waals surface area contributed by atoms with E-state index in [1.54, 1.807) is 0 Å². The van der Waals surface area contributed by atoms with Gasteiger partial charge in [-0.2, -0.15) is 26.3 Å². The molecule has 2 aromatic rings. The lowest BCUT2D eigenvalue weighted by molar-refractivity contribution is -0.191. The molecule has 0 saturated heterocycles. The Bertz CT molecular complexity index is 978. The van der Waals surface area contributed by atoms with Gasteiger partial charge in [-0.1, -0.05) is 74.2 Å². The summed E-state index contributed by atoms with van der Waals surface area (Å²) in [6.45, 7) is 2.66. The lowest BCUT2D eigenvalue weighted by Gasteiger charge is -2.39. The first-order valence-electron chi connectivity index (χ1n) is 13.4. The lowest BCUT2D eigenvalue weighted by atomic mass is 9.68. The fourth-order valence-electron chi connectivity index (χ4n) is 6.72. The third kappa shape index (κ3) is 5.30.